The van der Waals surface area contributed by atoms with Gasteiger partial charge in [-0.2, -0.15) is 0 Å². The number of aliphatic hydroxyl groups excluding tert-OH is 1. The van der Waals surface area contributed by atoms with Gasteiger partial charge in [0.1, 0.15) is 18.5 Å². The average molecular weight is 667 g/mol. The van der Waals surface area contributed by atoms with Crippen molar-refractivity contribution in [2.45, 2.75) is 80.7 Å². The third-order valence-electron chi connectivity index (χ3n) is 8.85. The minimum Gasteiger partial charge on any atom is -0.489 e. The van der Waals surface area contributed by atoms with Crippen LogP contribution in [0.25, 0.3) is 0 Å². The van der Waals surface area contributed by atoms with E-state index in [-0.39, 0.29) is 36.2 Å². The standard InChI is InChI=1S/C35H42N2O9S/c38-32(31(21-25-9-3-1-4-10-25)36-35(39)45-33-24-44-34-30(33)19-20-42-34)22-37(46-28-13-7-8-14-28)47(40,41)29-17-15-27(16-18-29)43-23-26-11-5-2-6-12-26/h1-6,9-12,15-18,28,30-34,38H,7-8,13-14,19-24H2,(H,36,39)/t30-,31?,32+,33-,34+/m0/s1. The molecule has 0 bridgehead atoms. The van der Waals surface area contributed by atoms with Gasteiger partial charge < -0.3 is 29.4 Å². The van der Waals surface area contributed by atoms with E-state index in [1.165, 1.54) is 12.1 Å². The van der Waals surface area contributed by atoms with Crippen LogP contribution in [0, 0.1) is 5.92 Å². The van der Waals surface area contributed by atoms with Crippen LogP contribution in [0.1, 0.15) is 43.2 Å². The van der Waals surface area contributed by atoms with Gasteiger partial charge in [-0.25, -0.2) is 13.2 Å². The van der Waals surface area contributed by atoms with Crippen LogP contribution in [-0.2, 0) is 42.1 Å². The number of nitrogens with one attached hydrogen (secondary N) is 1. The Balaban J connectivity index is 1.17. The molecule has 0 aromatic heterocycles. The van der Waals surface area contributed by atoms with E-state index in [0.717, 1.165) is 34.9 Å². The van der Waals surface area contributed by atoms with Gasteiger partial charge in [0.25, 0.3) is 10.0 Å². The molecule has 2 N–H and O–H groups in total. The number of aliphatic hydroxyl groups is 1. The van der Waals surface area contributed by atoms with E-state index in [9.17, 15) is 18.3 Å². The third kappa shape index (κ3) is 8.69. The number of alkyl carbamates (subject to hydrolysis) is 1. The zero-order valence-electron chi connectivity index (χ0n) is 26.2. The number of hydrogen-bond donors (Lipinski definition) is 2. The van der Waals surface area contributed by atoms with Crippen molar-refractivity contribution in [3.05, 3.63) is 96.1 Å². The number of hydroxylamine groups is 1. The minimum atomic E-state index is -4.21. The van der Waals surface area contributed by atoms with Crippen LogP contribution < -0.4 is 10.1 Å². The highest BCUT2D eigenvalue weighted by molar-refractivity contribution is 7.89. The Kier molecular flexibility index (Phi) is 11.1. The lowest BCUT2D eigenvalue weighted by Gasteiger charge is -2.31. The molecule has 2 aliphatic heterocycles. The summed E-state index contributed by atoms with van der Waals surface area (Å²) in [5.41, 5.74) is 1.84. The minimum absolute atomic E-state index is 0.00342. The number of amides is 1. The van der Waals surface area contributed by atoms with Gasteiger partial charge >= 0.3 is 6.09 Å². The molecule has 12 heteroatoms. The Morgan fingerprint density at radius 3 is 2.30 bits per heavy atom. The highest BCUT2D eigenvalue weighted by atomic mass is 32.2. The first-order valence-corrected chi connectivity index (χ1v) is 17.7. The number of carbonyl (C=O) groups is 1. The normalized spacial score (nSPS) is 22.6. The molecule has 1 aliphatic carbocycles. The van der Waals surface area contributed by atoms with Crippen LogP contribution in [0.2, 0.25) is 0 Å². The van der Waals surface area contributed by atoms with Crippen molar-refractivity contribution in [3.8, 4) is 5.75 Å². The Labute approximate surface area is 275 Å². The van der Waals surface area contributed by atoms with E-state index in [1.54, 1.807) is 12.1 Å². The summed E-state index contributed by atoms with van der Waals surface area (Å²) >= 11 is 0. The number of rotatable bonds is 14. The van der Waals surface area contributed by atoms with E-state index in [1.807, 2.05) is 60.7 Å². The number of hydrogen-bond acceptors (Lipinski definition) is 9. The molecular formula is C35H42N2O9S. The van der Waals surface area contributed by atoms with Gasteiger partial charge in [0, 0.05) is 0 Å². The van der Waals surface area contributed by atoms with Gasteiger partial charge in [-0.1, -0.05) is 78.0 Å². The predicted octanol–water partition coefficient (Wildman–Crippen LogP) is 4.59. The van der Waals surface area contributed by atoms with Gasteiger partial charge in [0.05, 0.1) is 48.8 Å². The van der Waals surface area contributed by atoms with Crippen molar-refractivity contribution in [3.63, 3.8) is 0 Å². The fourth-order valence-corrected chi connectivity index (χ4v) is 7.52. The first-order chi connectivity index (χ1) is 22.8. The Morgan fingerprint density at radius 2 is 1.60 bits per heavy atom. The summed E-state index contributed by atoms with van der Waals surface area (Å²) in [4.78, 5) is 19.2. The summed E-state index contributed by atoms with van der Waals surface area (Å²) in [6.45, 7) is 0.706. The molecule has 1 amide bonds. The molecule has 2 heterocycles. The van der Waals surface area contributed by atoms with E-state index in [4.69, 9.17) is 23.8 Å². The molecule has 3 aromatic rings. The second kappa shape index (κ2) is 15.6. The maximum Gasteiger partial charge on any atom is 0.407 e. The fourth-order valence-electron chi connectivity index (χ4n) is 6.23. The molecule has 3 fully saturated rings. The van der Waals surface area contributed by atoms with E-state index in [2.05, 4.69) is 5.32 Å². The van der Waals surface area contributed by atoms with Gasteiger partial charge in [0.15, 0.2) is 6.29 Å². The monoisotopic (exact) mass is 666 g/mol. The van der Waals surface area contributed by atoms with Crippen LogP contribution >= 0.6 is 0 Å². The number of sulfonamides is 1. The highest BCUT2D eigenvalue weighted by Gasteiger charge is 2.44. The molecule has 47 heavy (non-hydrogen) atoms. The zero-order chi connectivity index (χ0) is 32.6. The molecular weight excluding hydrogens is 624 g/mol. The smallest absolute Gasteiger partial charge is 0.407 e. The van der Waals surface area contributed by atoms with Crippen LogP contribution in [0.15, 0.2) is 89.8 Å². The second-order valence-electron chi connectivity index (χ2n) is 12.2. The number of carbonyl (C=O) groups excluding carboxylic acids is 1. The van der Waals surface area contributed by atoms with Crippen LogP contribution in [0.4, 0.5) is 4.79 Å². The molecule has 1 saturated carbocycles. The van der Waals surface area contributed by atoms with Crippen molar-refractivity contribution < 1.29 is 42.1 Å². The number of ether oxygens (including phenoxy) is 4. The lowest BCUT2D eigenvalue weighted by atomic mass is 10.0. The molecule has 6 rings (SSSR count). The summed E-state index contributed by atoms with van der Waals surface area (Å²) in [6.07, 6.45) is 1.02. The number of nitrogens with zero attached hydrogens (tertiary/aromatic N) is 1. The summed E-state index contributed by atoms with van der Waals surface area (Å²) in [7, 11) is -4.21. The van der Waals surface area contributed by atoms with Crippen molar-refractivity contribution in [2.75, 3.05) is 19.8 Å². The lowest BCUT2D eigenvalue weighted by molar-refractivity contribution is -0.145. The molecule has 11 nitrogen and oxygen atoms in total. The molecule has 5 atom stereocenters. The molecule has 1 unspecified atom stereocenters. The van der Waals surface area contributed by atoms with Crippen molar-refractivity contribution in [2.24, 2.45) is 5.92 Å². The van der Waals surface area contributed by atoms with E-state index < -0.39 is 40.9 Å². The summed E-state index contributed by atoms with van der Waals surface area (Å²) in [5.74, 6) is 0.471. The Morgan fingerprint density at radius 1 is 0.915 bits per heavy atom. The highest BCUT2D eigenvalue weighted by Crippen LogP contribution is 2.33. The fraction of sp³-hybridized carbons (Fsp3) is 0.457. The van der Waals surface area contributed by atoms with E-state index in [0.29, 0.717) is 31.8 Å². The topological polar surface area (TPSA) is 133 Å². The van der Waals surface area contributed by atoms with Gasteiger partial charge in [0.2, 0.25) is 0 Å². The largest absolute Gasteiger partial charge is 0.489 e. The SMILES string of the molecule is O=C(NC(Cc1ccccc1)[C@H](O)CN(OC1CCCC1)S(=O)(=O)c1ccc(OCc2ccccc2)cc1)O[C@H]1CO[C@H]2OCC[C@H]21. The average Bonchev–Trinajstić information content (AvgIpc) is 3.85. The number of fused-ring (bicyclic) bond motifs is 1. The maximum absolute atomic E-state index is 14.0. The predicted molar refractivity (Wildman–Crippen MR) is 172 cm³/mol. The van der Waals surface area contributed by atoms with Crippen molar-refractivity contribution in [1.29, 1.82) is 0 Å². The zero-order valence-corrected chi connectivity index (χ0v) is 27.0. The molecule has 3 aliphatic rings. The lowest BCUT2D eigenvalue weighted by Crippen LogP contribution is -2.51. The molecule has 0 spiro atoms. The third-order valence-corrected chi connectivity index (χ3v) is 10.5. The summed E-state index contributed by atoms with van der Waals surface area (Å²) in [5, 5.41) is 14.4. The Bertz CT molecular complexity index is 1540. The molecule has 252 valence electrons. The first-order valence-electron chi connectivity index (χ1n) is 16.2. The number of benzene rings is 3. The molecule has 0 radical (unpaired) electrons. The van der Waals surface area contributed by atoms with Crippen molar-refractivity contribution >= 4 is 16.1 Å². The van der Waals surface area contributed by atoms with Gasteiger partial charge in [-0.3, -0.25) is 4.84 Å². The summed E-state index contributed by atoms with van der Waals surface area (Å²) < 4.78 is 51.6. The van der Waals surface area contributed by atoms with Gasteiger partial charge in [-0.05, 0) is 61.1 Å². The second-order valence-corrected chi connectivity index (χ2v) is 14.1. The maximum atomic E-state index is 14.0. The quantitative estimate of drug-likeness (QED) is 0.237. The van der Waals surface area contributed by atoms with Crippen molar-refractivity contribution in [1.82, 2.24) is 9.79 Å². The summed E-state index contributed by atoms with van der Waals surface area (Å²) in [6, 6.07) is 24.3. The Hall–Kier alpha value is -3.52. The van der Waals surface area contributed by atoms with E-state index >= 15 is 0 Å². The van der Waals surface area contributed by atoms with Gasteiger partial charge in [-0.15, -0.1) is 0 Å². The van der Waals surface area contributed by atoms with Crippen LogP contribution in [0.3, 0.4) is 0 Å². The van der Waals surface area contributed by atoms with Crippen LogP contribution in [0.5, 0.6) is 5.75 Å². The molecule has 3 aromatic carbocycles. The first kappa shape index (κ1) is 33.4. The molecule has 2 saturated heterocycles. The van der Waals surface area contributed by atoms with Crippen LogP contribution in [-0.4, -0.2) is 74.5 Å².